The summed E-state index contributed by atoms with van der Waals surface area (Å²) in [4.78, 5) is 15.8. The molecule has 0 saturated heterocycles. The molecule has 1 saturated carbocycles. The second kappa shape index (κ2) is 5.88. The van der Waals surface area contributed by atoms with Crippen molar-refractivity contribution in [2.75, 3.05) is 6.54 Å². The van der Waals surface area contributed by atoms with Gasteiger partial charge in [-0.2, -0.15) is 9.40 Å². The number of sulfonamides is 1. The summed E-state index contributed by atoms with van der Waals surface area (Å²) < 4.78 is 29.7. The van der Waals surface area contributed by atoms with Gasteiger partial charge in [-0.1, -0.05) is 6.07 Å². The second-order valence-electron chi connectivity index (χ2n) is 6.90. The molecule has 0 unspecified atom stereocenters. The van der Waals surface area contributed by atoms with E-state index in [1.807, 2.05) is 0 Å². The number of aromatic nitrogens is 3. The van der Waals surface area contributed by atoms with Crippen molar-refractivity contribution >= 4 is 16.0 Å². The first kappa shape index (κ1) is 17.2. The van der Waals surface area contributed by atoms with E-state index in [-0.39, 0.29) is 17.0 Å². The Labute approximate surface area is 151 Å². The highest BCUT2D eigenvalue weighted by atomic mass is 32.2. The van der Waals surface area contributed by atoms with Gasteiger partial charge < -0.3 is 5.11 Å². The first-order chi connectivity index (χ1) is 12.3. The minimum atomic E-state index is -3.85. The lowest BCUT2D eigenvalue weighted by molar-refractivity contribution is 0.0696. The molecule has 1 fully saturated rings. The van der Waals surface area contributed by atoms with E-state index < -0.39 is 22.0 Å². The lowest BCUT2D eigenvalue weighted by atomic mass is 10.1. The minimum Gasteiger partial charge on any atom is -0.478 e. The van der Waals surface area contributed by atoms with Crippen LogP contribution in [0, 0.1) is 6.92 Å². The molecule has 26 heavy (non-hydrogen) atoms. The van der Waals surface area contributed by atoms with Crippen LogP contribution in [0.5, 0.6) is 0 Å². The number of carboxylic acid groups (broad SMARTS) is 1. The van der Waals surface area contributed by atoms with Crippen LogP contribution in [0.25, 0.3) is 0 Å². The van der Waals surface area contributed by atoms with Gasteiger partial charge in [0.2, 0.25) is 10.0 Å². The van der Waals surface area contributed by atoms with Gasteiger partial charge in [-0.3, -0.25) is 0 Å². The van der Waals surface area contributed by atoms with Crippen LogP contribution in [-0.4, -0.2) is 45.1 Å². The fraction of sp³-hybridized carbons (Fsp3) is 0.471. The SMILES string of the molecule is Cc1ccc(C(=O)O)cc1S(=O)(=O)N1CCn2nc(C3CC3)nc2[C@H]1C. The Hall–Kier alpha value is -2.26. The summed E-state index contributed by atoms with van der Waals surface area (Å²) >= 11 is 0. The van der Waals surface area contributed by atoms with Crippen molar-refractivity contribution in [2.24, 2.45) is 0 Å². The number of fused-ring (bicyclic) bond motifs is 1. The molecule has 0 spiro atoms. The Kier molecular flexibility index (Phi) is 3.89. The summed E-state index contributed by atoms with van der Waals surface area (Å²) in [5.74, 6) is 0.700. The Morgan fingerprint density at radius 3 is 2.65 bits per heavy atom. The molecule has 8 nitrogen and oxygen atoms in total. The summed E-state index contributed by atoms with van der Waals surface area (Å²) in [5.41, 5.74) is 0.478. The number of nitrogens with zero attached hydrogens (tertiary/aromatic N) is 4. The quantitative estimate of drug-likeness (QED) is 0.874. The van der Waals surface area contributed by atoms with Crippen LogP contribution in [0.2, 0.25) is 0 Å². The highest BCUT2D eigenvalue weighted by Crippen LogP contribution is 2.39. The van der Waals surface area contributed by atoms with E-state index in [4.69, 9.17) is 0 Å². The molecule has 1 aromatic heterocycles. The molecule has 9 heteroatoms. The summed E-state index contributed by atoms with van der Waals surface area (Å²) in [6, 6.07) is 3.71. The lowest BCUT2D eigenvalue weighted by Gasteiger charge is -2.32. The van der Waals surface area contributed by atoms with Crippen molar-refractivity contribution in [3.05, 3.63) is 41.0 Å². The van der Waals surface area contributed by atoms with Crippen molar-refractivity contribution in [2.45, 2.75) is 50.1 Å². The zero-order valence-electron chi connectivity index (χ0n) is 14.6. The van der Waals surface area contributed by atoms with Gasteiger partial charge in [0.15, 0.2) is 5.82 Å². The standard InChI is InChI=1S/C17H20N4O4S/c1-10-3-4-13(17(22)23)9-14(10)26(24,25)21-8-7-20-16(11(21)2)18-15(19-20)12-5-6-12/h3-4,9,11-12H,5-8H2,1-2H3,(H,22,23)/t11-/m1/s1. The van der Waals surface area contributed by atoms with Crippen molar-refractivity contribution in [1.82, 2.24) is 19.1 Å². The normalized spacial score (nSPS) is 20.8. The Morgan fingerprint density at radius 2 is 2.00 bits per heavy atom. The minimum absolute atomic E-state index is 0.0274. The molecule has 1 atom stereocenters. The predicted octanol–water partition coefficient (Wildman–Crippen LogP) is 1.93. The van der Waals surface area contributed by atoms with Crippen LogP contribution < -0.4 is 0 Å². The molecule has 1 aromatic carbocycles. The average molecular weight is 376 g/mol. The lowest BCUT2D eigenvalue weighted by Crippen LogP contribution is -2.41. The van der Waals surface area contributed by atoms with Gasteiger partial charge in [-0.25, -0.2) is 22.9 Å². The fourth-order valence-electron chi connectivity index (χ4n) is 3.34. The first-order valence-corrected chi connectivity index (χ1v) is 10.0. The number of aryl methyl sites for hydroxylation is 1. The number of carbonyl (C=O) groups is 1. The monoisotopic (exact) mass is 376 g/mol. The van der Waals surface area contributed by atoms with Crippen molar-refractivity contribution in [3.8, 4) is 0 Å². The molecular weight excluding hydrogens is 356 g/mol. The van der Waals surface area contributed by atoms with Crippen LogP contribution in [0.3, 0.4) is 0 Å². The Morgan fingerprint density at radius 1 is 1.27 bits per heavy atom. The number of benzene rings is 1. The third-order valence-corrected chi connectivity index (χ3v) is 7.13. The average Bonchev–Trinajstić information content (AvgIpc) is 3.34. The molecule has 2 aliphatic rings. The Bertz CT molecular complexity index is 994. The molecule has 2 aromatic rings. The van der Waals surface area contributed by atoms with E-state index in [2.05, 4.69) is 10.1 Å². The number of hydrogen-bond acceptors (Lipinski definition) is 5. The highest BCUT2D eigenvalue weighted by Gasteiger charge is 2.38. The Balaban J connectivity index is 1.72. The van der Waals surface area contributed by atoms with Crippen LogP contribution in [-0.2, 0) is 16.6 Å². The summed E-state index contributed by atoms with van der Waals surface area (Å²) in [6.45, 7) is 4.18. The largest absolute Gasteiger partial charge is 0.478 e. The molecule has 0 radical (unpaired) electrons. The first-order valence-electron chi connectivity index (χ1n) is 8.59. The van der Waals surface area contributed by atoms with Crippen molar-refractivity contribution in [1.29, 1.82) is 0 Å². The van der Waals surface area contributed by atoms with Crippen LogP contribution in [0.1, 0.15) is 59.3 Å². The van der Waals surface area contributed by atoms with Gasteiger partial charge in [0, 0.05) is 12.5 Å². The maximum absolute atomic E-state index is 13.2. The summed E-state index contributed by atoms with van der Waals surface area (Å²) in [5, 5.41) is 13.7. The molecule has 4 rings (SSSR count). The fourth-order valence-corrected chi connectivity index (χ4v) is 5.18. The number of hydrogen-bond donors (Lipinski definition) is 1. The van der Waals surface area contributed by atoms with E-state index in [0.717, 1.165) is 18.7 Å². The van der Waals surface area contributed by atoms with E-state index in [1.165, 1.54) is 22.5 Å². The van der Waals surface area contributed by atoms with Gasteiger partial charge in [0.25, 0.3) is 0 Å². The van der Waals surface area contributed by atoms with Crippen molar-refractivity contribution in [3.63, 3.8) is 0 Å². The van der Waals surface area contributed by atoms with Gasteiger partial charge in [-0.05, 0) is 44.4 Å². The predicted molar refractivity (Wildman–Crippen MR) is 92.4 cm³/mol. The van der Waals surface area contributed by atoms with Gasteiger partial charge in [0.1, 0.15) is 5.82 Å². The topological polar surface area (TPSA) is 105 Å². The number of carboxylic acids is 1. The number of rotatable bonds is 4. The van der Waals surface area contributed by atoms with Crippen LogP contribution >= 0.6 is 0 Å². The van der Waals surface area contributed by atoms with E-state index in [0.29, 0.717) is 23.9 Å². The molecular formula is C17H20N4O4S. The van der Waals surface area contributed by atoms with Gasteiger partial charge in [0.05, 0.1) is 23.0 Å². The maximum Gasteiger partial charge on any atom is 0.335 e. The molecule has 0 amide bonds. The molecule has 138 valence electrons. The molecule has 0 bridgehead atoms. The van der Waals surface area contributed by atoms with Crippen molar-refractivity contribution < 1.29 is 18.3 Å². The van der Waals surface area contributed by atoms with E-state index in [1.54, 1.807) is 18.5 Å². The van der Waals surface area contributed by atoms with Gasteiger partial charge in [-0.15, -0.1) is 0 Å². The zero-order valence-corrected chi connectivity index (χ0v) is 15.4. The molecule has 1 aliphatic heterocycles. The third-order valence-electron chi connectivity index (χ3n) is 5.02. The molecule has 1 N–H and O–H groups in total. The van der Waals surface area contributed by atoms with Gasteiger partial charge >= 0.3 is 5.97 Å². The second-order valence-corrected chi connectivity index (χ2v) is 8.76. The van der Waals surface area contributed by atoms with Crippen LogP contribution in [0.4, 0.5) is 0 Å². The zero-order chi connectivity index (χ0) is 18.6. The molecule has 2 heterocycles. The van der Waals surface area contributed by atoms with E-state index in [9.17, 15) is 18.3 Å². The highest BCUT2D eigenvalue weighted by molar-refractivity contribution is 7.89. The summed E-state index contributed by atoms with van der Waals surface area (Å²) in [6.07, 6.45) is 2.17. The maximum atomic E-state index is 13.2. The smallest absolute Gasteiger partial charge is 0.335 e. The molecule has 1 aliphatic carbocycles. The summed E-state index contributed by atoms with van der Waals surface area (Å²) in [7, 11) is -3.85. The van der Waals surface area contributed by atoms with Crippen LogP contribution in [0.15, 0.2) is 23.1 Å². The number of aromatic carboxylic acids is 1. The third kappa shape index (κ3) is 2.71. The van der Waals surface area contributed by atoms with E-state index >= 15 is 0 Å².